The summed E-state index contributed by atoms with van der Waals surface area (Å²) in [6, 6.07) is 5.65. The van der Waals surface area contributed by atoms with Gasteiger partial charge in [0.05, 0.1) is 23.5 Å². The largest absolute Gasteiger partial charge is 0.478 e. The van der Waals surface area contributed by atoms with Crippen LogP contribution >= 0.6 is 11.8 Å². The van der Waals surface area contributed by atoms with E-state index >= 15 is 0 Å². The highest BCUT2D eigenvalue weighted by atomic mass is 32.2. The first kappa shape index (κ1) is 14.2. The number of aromatic carboxylic acids is 1. The fraction of sp³-hybridized carbons (Fsp3) is 0.500. The molecule has 1 aliphatic rings. The summed E-state index contributed by atoms with van der Waals surface area (Å²) < 4.78 is 5.70. The Morgan fingerprint density at radius 2 is 2.00 bits per heavy atom. The average molecular weight is 281 g/mol. The summed E-state index contributed by atoms with van der Waals surface area (Å²) in [6.07, 6.45) is 2.13. The van der Waals surface area contributed by atoms with Crippen molar-refractivity contribution < 1.29 is 14.6 Å². The molecule has 19 heavy (non-hydrogen) atoms. The quantitative estimate of drug-likeness (QED) is 0.863. The van der Waals surface area contributed by atoms with Gasteiger partial charge in [0.15, 0.2) is 0 Å². The number of anilines is 1. The predicted molar refractivity (Wildman–Crippen MR) is 77.4 cm³/mol. The van der Waals surface area contributed by atoms with E-state index in [9.17, 15) is 9.90 Å². The third kappa shape index (κ3) is 3.04. The topological polar surface area (TPSA) is 49.8 Å². The van der Waals surface area contributed by atoms with Crippen LogP contribution in [0.2, 0.25) is 0 Å². The van der Waals surface area contributed by atoms with Gasteiger partial charge in [0.25, 0.3) is 0 Å². The van der Waals surface area contributed by atoms with Gasteiger partial charge in [-0.2, -0.15) is 0 Å². The van der Waals surface area contributed by atoms with E-state index in [0.29, 0.717) is 5.56 Å². The van der Waals surface area contributed by atoms with Gasteiger partial charge in [-0.1, -0.05) is 6.07 Å². The van der Waals surface area contributed by atoms with Crippen LogP contribution in [-0.2, 0) is 4.74 Å². The number of benzene rings is 1. The van der Waals surface area contributed by atoms with Gasteiger partial charge in [-0.25, -0.2) is 4.79 Å². The number of carboxylic acids is 1. The van der Waals surface area contributed by atoms with Crippen molar-refractivity contribution in [1.82, 2.24) is 0 Å². The Labute approximate surface area is 117 Å². The smallest absolute Gasteiger partial charge is 0.338 e. The highest BCUT2D eigenvalue weighted by Crippen LogP contribution is 2.31. The normalized spacial score (nSPS) is 23.4. The van der Waals surface area contributed by atoms with Crippen LogP contribution in [0.25, 0.3) is 0 Å². The van der Waals surface area contributed by atoms with Crippen LogP contribution in [0.3, 0.4) is 0 Å². The lowest BCUT2D eigenvalue weighted by molar-refractivity contribution is -0.00533. The summed E-state index contributed by atoms with van der Waals surface area (Å²) in [6.45, 7) is 5.48. The summed E-state index contributed by atoms with van der Waals surface area (Å²) in [5.41, 5.74) is 1.19. The molecule has 0 bridgehead atoms. The Balaban J connectivity index is 2.41. The highest BCUT2D eigenvalue weighted by Gasteiger charge is 2.26. The Bertz CT molecular complexity index is 468. The van der Waals surface area contributed by atoms with Crippen molar-refractivity contribution in [2.45, 2.75) is 31.0 Å². The molecule has 2 rings (SSSR count). The van der Waals surface area contributed by atoms with Gasteiger partial charge < -0.3 is 14.7 Å². The molecule has 0 aliphatic carbocycles. The second-order valence-corrected chi connectivity index (χ2v) is 5.67. The van der Waals surface area contributed by atoms with E-state index in [1.165, 1.54) is 11.8 Å². The minimum Gasteiger partial charge on any atom is -0.478 e. The predicted octanol–water partition coefficient (Wildman–Crippen LogP) is 2.72. The van der Waals surface area contributed by atoms with Crippen molar-refractivity contribution in [3.05, 3.63) is 23.8 Å². The van der Waals surface area contributed by atoms with Gasteiger partial charge in [-0.3, -0.25) is 0 Å². The number of nitrogens with zero attached hydrogens (tertiary/aromatic N) is 1. The minimum atomic E-state index is -0.869. The zero-order chi connectivity index (χ0) is 14.0. The third-order valence-corrected chi connectivity index (χ3v) is 3.98. The zero-order valence-electron chi connectivity index (χ0n) is 11.4. The van der Waals surface area contributed by atoms with Crippen molar-refractivity contribution >= 4 is 23.4 Å². The lowest BCUT2D eigenvalue weighted by atomic mass is 10.1. The molecule has 0 amide bonds. The molecule has 104 valence electrons. The number of morpholine rings is 1. The summed E-state index contributed by atoms with van der Waals surface area (Å²) >= 11 is 1.46. The van der Waals surface area contributed by atoms with Crippen molar-refractivity contribution in [3.8, 4) is 0 Å². The third-order valence-electron chi connectivity index (χ3n) is 3.20. The molecular formula is C14H19NO3S. The summed E-state index contributed by atoms with van der Waals surface area (Å²) in [7, 11) is 0. The standard InChI is InChI=1S/C14H19NO3S/c1-9-7-15(8-10(2)18-9)11-5-4-6-12(19-3)13(11)14(16)17/h4-6,9-10H,7-8H2,1-3H3,(H,16,17)/t9-,10+. The molecule has 1 aromatic rings. The Hall–Kier alpha value is -1.20. The van der Waals surface area contributed by atoms with E-state index in [0.717, 1.165) is 23.7 Å². The minimum absolute atomic E-state index is 0.114. The van der Waals surface area contributed by atoms with Gasteiger partial charge >= 0.3 is 5.97 Å². The average Bonchev–Trinajstić information content (AvgIpc) is 2.36. The van der Waals surface area contributed by atoms with E-state index in [2.05, 4.69) is 4.90 Å². The van der Waals surface area contributed by atoms with Crippen LogP contribution in [0.4, 0.5) is 5.69 Å². The van der Waals surface area contributed by atoms with E-state index in [1.807, 2.05) is 38.3 Å². The second-order valence-electron chi connectivity index (χ2n) is 4.82. The molecule has 1 fully saturated rings. The maximum atomic E-state index is 11.5. The molecule has 0 spiro atoms. The van der Waals surface area contributed by atoms with Gasteiger partial charge in [0.2, 0.25) is 0 Å². The molecule has 1 aromatic carbocycles. The number of hydrogen-bond acceptors (Lipinski definition) is 4. The number of thioether (sulfide) groups is 1. The lowest BCUT2D eigenvalue weighted by Gasteiger charge is -2.37. The van der Waals surface area contributed by atoms with Crippen LogP contribution in [0, 0.1) is 0 Å². The van der Waals surface area contributed by atoms with E-state index in [1.54, 1.807) is 0 Å². The number of ether oxygens (including phenoxy) is 1. The molecule has 2 atom stereocenters. The molecule has 1 aliphatic heterocycles. The zero-order valence-corrected chi connectivity index (χ0v) is 12.2. The Morgan fingerprint density at radius 3 is 2.53 bits per heavy atom. The molecule has 5 heteroatoms. The van der Waals surface area contributed by atoms with Crippen molar-refractivity contribution in [3.63, 3.8) is 0 Å². The molecule has 0 aromatic heterocycles. The Morgan fingerprint density at radius 1 is 1.37 bits per heavy atom. The molecular weight excluding hydrogens is 262 g/mol. The number of rotatable bonds is 3. The molecule has 0 saturated carbocycles. The van der Waals surface area contributed by atoms with E-state index < -0.39 is 5.97 Å². The van der Waals surface area contributed by atoms with Crippen LogP contribution in [0.15, 0.2) is 23.1 Å². The van der Waals surface area contributed by atoms with Crippen LogP contribution in [-0.4, -0.2) is 42.6 Å². The first-order chi connectivity index (χ1) is 9.02. The van der Waals surface area contributed by atoms with E-state index in [4.69, 9.17) is 4.74 Å². The van der Waals surface area contributed by atoms with Gasteiger partial charge in [-0.05, 0) is 32.2 Å². The SMILES string of the molecule is CSc1cccc(N2C[C@@H](C)O[C@@H](C)C2)c1C(=O)O. The highest BCUT2D eigenvalue weighted by molar-refractivity contribution is 7.98. The van der Waals surface area contributed by atoms with Crippen LogP contribution in [0.5, 0.6) is 0 Å². The fourth-order valence-electron chi connectivity index (χ4n) is 2.54. The number of carbonyl (C=O) groups is 1. The van der Waals surface area contributed by atoms with Gasteiger partial charge in [0.1, 0.15) is 0 Å². The summed E-state index contributed by atoms with van der Waals surface area (Å²) in [5.74, 6) is -0.869. The first-order valence-electron chi connectivity index (χ1n) is 6.33. The number of hydrogen-bond donors (Lipinski definition) is 1. The molecule has 0 unspecified atom stereocenters. The molecule has 1 N–H and O–H groups in total. The number of carboxylic acid groups (broad SMARTS) is 1. The first-order valence-corrected chi connectivity index (χ1v) is 7.56. The summed E-state index contributed by atoms with van der Waals surface area (Å²) in [5, 5.41) is 9.47. The van der Waals surface area contributed by atoms with Crippen LogP contribution in [0.1, 0.15) is 24.2 Å². The second kappa shape index (κ2) is 5.84. The molecule has 1 heterocycles. The maximum absolute atomic E-state index is 11.5. The Kier molecular flexibility index (Phi) is 4.37. The monoisotopic (exact) mass is 281 g/mol. The van der Waals surface area contributed by atoms with Crippen LogP contribution < -0.4 is 4.90 Å². The molecule has 1 saturated heterocycles. The lowest BCUT2D eigenvalue weighted by Crippen LogP contribution is -2.46. The maximum Gasteiger partial charge on any atom is 0.338 e. The van der Waals surface area contributed by atoms with Crippen molar-refractivity contribution in [1.29, 1.82) is 0 Å². The van der Waals surface area contributed by atoms with Crippen molar-refractivity contribution in [2.24, 2.45) is 0 Å². The summed E-state index contributed by atoms with van der Waals surface area (Å²) in [4.78, 5) is 14.5. The van der Waals surface area contributed by atoms with Gasteiger partial charge in [0, 0.05) is 18.0 Å². The molecule has 0 radical (unpaired) electrons. The van der Waals surface area contributed by atoms with Crippen molar-refractivity contribution in [2.75, 3.05) is 24.2 Å². The van der Waals surface area contributed by atoms with E-state index in [-0.39, 0.29) is 12.2 Å². The van der Waals surface area contributed by atoms with Gasteiger partial charge in [-0.15, -0.1) is 11.8 Å². The molecule has 4 nitrogen and oxygen atoms in total. The fourth-order valence-corrected chi connectivity index (χ4v) is 3.15.